The van der Waals surface area contributed by atoms with Gasteiger partial charge >= 0.3 is 0 Å². The lowest BCUT2D eigenvalue weighted by Gasteiger charge is -2.00. The Kier molecular flexibility index (Phi) is 4.10. The van der Waals surface area contributed by atoms with Gasteiger partial charge < -0.3 is 14.4 Å². The van der Waals surface area contributed by atoms with Crippen LogP contribution in [-0.2, 0) is 11.2 Å². The molecule has 0 fully saturated rings. The highest BCUT2D eigenvalue weighted by Gasteiger charge is 2.14. The molecule has 0 saturated carbocycles. The molecule has 1 aromatic carbocycles. The first-order valence-corrected chi connectivity index (χ1v) is 7.77. The highest BCUT2D eigenvalue weighted by molar-refractivity contribution is 5.98. The zero-order chi connectivity index (χ0) is 17.9. The number of nitrogens with zero attached hydrogens (tertiary/aromatic N) is 4. The Bertz CT molecular complexity index is 1060. The SMILES string of the molecule is O=C(CCc1nc(-c2ccncc2)no1)Nc1noc2ccc(F)cc12. The van der Waals surface area contributed by atoms with Crippen LogP contribution in [0, 0.1) is 5.82 Å². The third-order valence-corrected chi connectivity index (χ3v) is 3.66. The maximum atomic E-state index is 13.3. The molecule has 0 aliphatic carbocycles. The molecular formula is C17H12FN5O3. The maximum Gasteiger partial charge on any atom is 0.227 e. The fourth-order valence-electron chi connectivity index (χ4n) is 2.39. The van der Waals surface area contributed by atoms with E-state index in [0.29, 0.717) is 22.7 Å². The van der Waals surface area contributed by atoms with Gasteiger partial charge in [0, 0.05) is 30.8 Å². The van der Waals surface area contributed by atoms with Crippen molar-refractivity contribution in [1.82, 2.24) is 20.3 Å². The number of amides is 1. The van der Waals surface area contributed by atoms with E-state index in [2.05, 4.69) is 25.6 Å². The van der Waals surface area contributed by atoms with Gasteiger partial charge in [-0.2, -0.15) is 4.98 Å². The second-order valence-electron chi connectivity index (χ2n) is 5.47. The average molecular weight is 353 g/mol. The topological polar surface area (TPSA) is 107 Å². The first-order chi connectivity index (χ1) is 12.7. The maximum absolute atomic E-state index is 13.3. The fourth-order valence-corrected chi connectivity index (χ4v) is 2.39. The molecule has 4 aromatic rings. The molecule has 1 amide bonds. The molecule has 9 heteroatoms. The molecule has 3 heterocycles. The third-order valence-electron chi connectivity index (χ3n) is 3.66. The predicted octanol–water partition coefficient (Wildman–Crippen LogP) is 2.98. The lowest BCUT2D eigenvalue weighted by Crippen LogP contribution is -2.12. The van der Waals surface area contributed by atoms with Crippen LogP contribution in [0.25, 0.3) is 22.4 Å². The molecular weight excluding hydrogens is 341 g/mol. The summed E-state index contributed by atoms with van der Waals surface area (Å²) in [5.74, 6) is 0.176. The molecule has 0 bridgehead atoms. The van der Waals surface area contributed by atoms with E-state index in [4.69, 9.17) is 9.05 Å². The number of hydrogen-bond acceptors (Lipinski definition) is 7. The fraction of sp³-hybridized carbons (Fsp3) is 0.118. The molecule has 130 valence electrons. The number of anilines is 1. The van der Waals surface area contributed by atoms with Crippen molar-refractivity contribution in [2.45, 2.75) is 12.8 Å². The first-order valence-electron chi connectivity index (χ1n) is 7.77. The number of fused-ring (bicyclic) bond motifs is 1. The van der Waals surface area contributed by atoms with Crippen LogP contribution < -0.4 is 5.32 Å². The molecule has 0 atom stereocenters. The Morgan fingerprint density at radius 3 is 2.81 bits per heavy atom. The molecule has 0 aliphatic heterocycles. The van der Waals surface area contributed by atoms with Gasteiger partial charge in [0.05, 0.1) is 5.39 Å². The molecule has 0 spiro atoms. The molecule has 4 rings (SSSR count). The summed E-state index contributed by atoms with van der Waals surface area (Å²) in [4.78, 5) is 20.3. The Morgan fingerprint density at radius 1 is 1.12 bits per heavy atom. The Morgan fingerprint density at radius 2 is 1.96 bits per heavy atom. The highest BCUT2D eigenvalue weighted by atomic mass is 19.1. The smallest absolute Gasteiger partial charge is 0.227 e. The number of hydrogen-bond donors (Lipinski definition) is 1. The number of aryl methyl sites for hydroxylation is 1. The van der Waals surface area contributed by atoms with Crippen molar-refractivity contribution in [2.75, 3.05) is 5.32 Å². The summed E-state index contributed by atoms with van der Waals surface area (Å²) in [5.41, 5.74) is 1.16. The molecule has 0 aliphatic rings. The molecule has 8 nitrogen and oxygen atoms in total. The average Bonchev–Trinajstić information content (AvgIpc) is 3.28. The standard InChI is InChI=1S/C17H12FN5O3/c18-11-1-2-13-12(9-11)17(23-25-13)20-14(24)3-4-15-21-16(22-26-15)10-5-7-19-8-6-10/h1-2,5-9H,3-4H2,(H,20,23,24). The Balaban J connectivity index is 1.40. The van der Waals surface area contributed by atoms with Crippen molar-refractivity contribution in [1.29, 1.82) is 0 Å². The largest absolute Gasteiger partial charge is 0.354 e. The summed E-state index contributed by atoms with van der Waals surface area (Å²) in [5, 5.41) is 10.6. The number of pyridine rings is 1. The second-order valence-corrected chi connectivity index (χ2v) is 5.47. The van der Waals surface area contributed by atoms with Crippen molar-refractivity contribution in [3.63, 3.8) is 0 Å². The van der Waals surface area contributed by atoms with Gasteiger partial charge in [-0.15, -0.1) is 0 Å². The van der Waals surface area contributed by atoms with Crippen molar-refractivity contribution < 1.29 is 18.2 Å². The van der Waals surface area contributed by atoms with E-state index in [0.717, 1.165) is 5.56 Å². The van der Waals surface area contributed by atoms with Crippen LogP contribution in [0.5, 0.6) is 0 Å². The summed E-state index contributed by atoms with van der Waals surface area (Å²) in [6.07, 6.45) is 3.61. The van der Waals surface area contributed by atoms with E-state index in [1.54, 1.807) is 24.5 Å². The van der Waals surface area contributed by atoms with Crippen LogP contribution in [0.4, 0.5) is 10.2 Å². The van der Waals surface area contributed by atoms with E-state index >= 15 is 0 Å². The number of carbonyl (C=O) groups is 1. The van der Waals surface area contributed by atoms with Crippen LogP contribution in [-0.4, -0.2) is 26.2 Å². The zero-order valence-electron chi connectivity index (χ0n) is 13.3. The zero-order valence-corrected chi connectivity index (χ0v) is 13.3. The van der Waals surface area contributed by atoms with Gasteiger partial charge in [0.15, 0.2) is 11.4 Å². The first kappa shape index (κ1) is 15.9. The van der Waals surface area contributed by atoms with Crippen molar-refractivity contribution in [2.24, 2.45) is 0 Å². The number of halogens is 1. The van der Waals surface area contributed by atoms with Gasteiger partial charge in [-0.3, -0.25) is 9.78 Å². The minimum absolute atomic E-state index is 0.0989. The van der Waals surface area contributed by atoms with Crippen molar-refractivity contribution >= 4 is 22.7 Å². The molecule has 0 saturated heterocycles. The normalized spacial score (nSPS) is 11.0. The summed E-state index contributed by atoms with van der Waals surface area (Å²) in [7, 11) is 0. The van der Waals surface area contributed by atoms with Gasteiger partial charge in [-0.1, -0.05) is 10.3 Å². The van der Waals surface area contributed by atoms with Crippen LogP contribution in [0.15, 0.2) is 51.8 Å². The highest BCUT2D eigenvalue weighted by Crippen LogP contribution is 2.23. The van der Waals surface area contributed by atoms with Gasteiger partial charge in [0.25, 0.3) is 0 Å². The Labute approximate surface area is 146 Å². The van der Waals surface area contributed by atoms with Crippen LogP contribution in [0.3, 0.4) is 0 Å². The van der Waals surface area contributed by atoms with E-state index in [9.17, 15) is 9.18 Å². The van der Waals surface area contributed by atoms with Crippen molar-refractivity contribution in [3.05, 3.63) is 54.4 Å². The molecule has 3 aromatic heterocycles. The van der Waals surface area contributed by atoms with Crippen LogP contribution >= 0.6 is 0 Å². The molecule has 0 radical (unpaired) electrons. The van der Waals surface area contributed by atoms with Gasteiger partial charge in [-0.05, 0) is 30.3 Å². The predicted molar refractivity (Wildman–Crippen MR) is 88.4 cm³/mol. The van der Waals surface area contributed by atoms with Crippen LogP contribution in [0.2, 0.25) is 0 Å². The number of carbonyl (C=O) groups excluding carboxylic acids is 1. The van der Waals surface area contributed by atoms with Gasteiger partial charge in [0.1, 0.15) is 5.82 Å². The summed E-state index contributed by atoms with van der Waals surface area (Å²) in [6.45, 7) is 0. The summed E-state index contributed by atoms with van der Waals surface area (Å²) < 4.78 is 23.5. The summed E-state index contributed by atoms with van der Waals surface area (Å²) >= 11 is 0. The van der Waals surface area contributed by atoms with E-state index in [1.165, 1.54) is 18.2 Å². The number of rotatable bonds is 5. The minimum atomic E-state index is -0.439. The van der Waals surface area contributed by atoms with E-state index in [-0.39, 0.29) is 24.6 Å². The molecule has 0 unspecified atom stereocenters. The number of benzene rings is 1. The second kappa shape index (κ2) is 6.71. The molecule has 1 N–H and O–H groups in total. The van der Waals surface area contributed by atoms with Crippen LogP contribution in [0.1, 0.15) is 12.3 Å². The Hall–Kier alpha value is -3.62. The lowest BCUT2D eigenvalue weighted by atomic mass is 10.2. The van der Waals surface area contributed by atoms with E-state index in [1.807, 2.05) is 0 Å². The number of aromatic nitrogens is 4. The quantitative estimate of drug-likeness (QED) is 0.588. The number of nitrogens with one attached hydrogen (secondary N) is 1. The van der Waals surface area contributed by atoms with Gasteiger partial charge in [-0.25, -0.2) is 4.39 Å². The summed E-state index contributed by atoms with van der Waals surface area (Å²) in [6, 6.07) is 7.48. The minimum Gasteiger partial charge on any atom is -0.354 e. The third kappa shape index (κ3) is 3.27. The van der Waals surface area contributed by atoms with Gasteiger partial charge in [0.2, 0.25) is 17.6 Å². The van der Waals surface area contributed by atoms with E-state index < -0.39 is 5.82 Å². The molecule has 26 heavy (non-hydrogen) atoms. The van der Waals surface area contributed by atoms with Crippen molar-refractivity contribution in [3.8, 4) is 11.4 Å². The monoisotopic (exact) mass is 353 g/mol. The lowest BCUT2D eigenvalue weighted by molar-refractivity contribution is -0.116.